The van der Waals surface area contributed by atoms with Crippen LogP contribution in [-0.4, -0.2) is 76.3 Å². The average molecular weight is 571 g/mol. The second-order valence-electron chi connectivity index (χ2n) is 11.1. The van der Waals surface area contributed by atoms with Crippen molar-refractivity contribution in [2.75, 3.05) is 48.4 Å². The maximum Gasteiger partial charge on any atom is 0.410 e. The lowest BCUT2D eigenvalue weighted by Gasteiger charge is -2.28. The molecule has 218 valence electrons. The van der Waals surface area contributed by atoms with Crippen molar-refractivity contribution < 1.29 is 19.1 Å². The van der Waals surface area contributed by atoms with Gasteiger partial charge in [-0.25, -0.2) is 14.8 Å². The molecule has 2 aromatic carbocycles. The standard InChI is InChI=1S/C30H34N8O4/c1-30(2,3)42-29(40)38-12-4-5-25(38)27(39)35-24-11-6-20(17-21(24)18-31)26-32-19-33-28(36-26)34-22-7-9-23(10-8-22)37-13-15-41-16-14-37/h6-11,17,19,25H,4-5,12-16H2,1-3H3,(H,35,39)(H,32,33,34,36)/t25-/m0/s1. The summed E-state index contributed by atoms with van der Waals surface area (Å²) in [5.74, 6) is 0.367. The Kier molecular flexibility index (Phi) is 8.49. The van der Waals surface area contributed by atoms with Gasteiger partial charge in [-0.05, 0) is 76.1 Å². The molecule has 0 unspecified atom stereocenters. The number of morpholine rings is 1. The lowest BCUT2D eigenvalue weighted by molar-refractivity contribution is -0.120. The van der Waals surface area contributed by atoms with E-state index in [-0.39, 0.29) is 11.5 Å². The Morgan fingerprint density at radius 2 is 1.83 bits per heavy atom. The van der Waals surface area contributed by atoms with Gasteiger partial charge in [0.25, 0.3) is 0 Å². The Morgan fingerprint density at radius 1 is 1.07 bits per heavy atom. The summed E-state index contributed by atoms with van der Waals surface area (Å²) in [7, 11) is 0. The van der Waals surface area contributed by atoms with Gasteiger partial charge >= 0.3 is 6.09 Å². The Hall–Kier alpha value is -4.76. The van der Waals surface area contributed by atoms with Gasteiger partial charge in [-0.15, -0.1) is 0 Å². The van der Waals surface area contributed by atoms with Crippen LogP contribution >= 0.6 is 0 Å². The van der Waals surface area contributed by atoms with Gasteiger partial charge in [-0.1, -0.05) is 0 Å². The molecule has 5 rings (SSSR count). The van der Waals surface area contributed by atoms with Gasteiger partial charge in [-0.2, -0.15) is 10.2 Å². The molecule has 2 amide bonds. The maximum absolute atomic E-state index is 13.1. The Bertz CT molecular complexity index is 1480. The molecule has 12 nitrogen and oxygen atoms in total. The minimum absolute atomic E-state index is 0.247. The van der Waals surface area contributed by atoms with Crippen LogP contribution in [0.4, 0.5) is 27.8 Å². The minimum Gasteiger partial charge on any atom is -0.444 e. The summed E-state index contributed by atoms with van der Waals surface area (Å²) < 4.78 is 10.9. The van der Waals surface area contributed by atoms with Crippen molar-refractivity contribution in [1.29, 1.82) is 5.26 Å². The van der Waals surface area contributed by atoms with E-state index < -0.39 is 17.7 Å². The van der Waals surface area contributed by atoms with Crippen molar-refractivity contribution in [2.24, 2.45) is 0 Å². The molecule has 2 aliphatic heterocycles. The number of anilines is 4. The Morgan fingerprint density at radius 3 is 2.55 bits per heavy atom. The van der Waals surface area contributed by atoms with Crippen LogP contribution < -0.4 is 15.5 Å². The van der Waals surface area contributed by atoms with Crippen LogP contribution in [0.3, 0.4) is 0 Å². The molecule has 12 heteroatoms. The number of aromatic nitrogens is 3. The molecule has 0 spiro atoms. The fourth-order valence-electron chi connectivity index (χ4n) is 4.88. The molecule has 1 aromatic heterocycles. The smallest absolute Gasteiger partial charge is 0.410 e. The summed E-state index contributed by atoms with van der Waals surface area (Å²) in [5, 5.41) is 15.9. The van der Waals surface area contributed by atoms with Crippen molar-refractivity contribution >= 4 is 35.0 Å². The van der Waals surface area contributed by atoms with Crippen LogP contribution in [0.5, 0.6) is 0 Å². The summed E-state index contributed by atoms with van der Waals surface area (Å²) >= 11 is 0. The average Bonchev–Trinajstić information content (AvgIpc) is 3.48. The monoisotopic (exact) mass is 570 g/mol. The number of hydrogen-bond donors (Lipinski definition) is 2. The molecule has 42 heavy (non-hydrogen) atoms. The van der Waals surface area contributed by atoms with E-state index in [1.165, 1.54) is 11.2 Å². The first-order chi connectivity index (χ1) is 20.2. The van der Waals surface area contributed by atoms with Crippen molar-refractivity contribution in [3.63, 3.8) is 0 Å². The van der Waals surface area contributed by atoms with Gasteiger partial charge in [0.05, 0.1) is 24.5 Å². The van der Waals surface area contributed by atoms with E-state index in [9.17, 15) is 14.9 Å². The van der Waals surface area contributed by atoms with Crippen molar-refractivity contribution in [3.8, 4) is 17.5 Å². The van der Waals surface area contributed by atoms with E-state index in [1.807, 2.05) is 24.3 Å². The molecule has 1 atom stereocenters. The molecule has 0 aliphatic carbocycles. The number of benzene rings is 2. The van der Waals surface area contributed by atoms with E-state index in [4.69, 9.17) is 9.47 Å². The minimum atomic E-state index is -0.675. The molecule has 3 aromatic rings. The Labute approximate surface area is 244 Å². The molecule has 3 heterocycles. The zero-order chi connectivity index (χ0) is 29.7. The van der Waals surface area contributed by atoms with E-state index in [2.05, 4.69) is 36.6 Å². The molecular weight excluding hydrogens is 536 g/mol. The highest BCUT2D eigenvalue weighted by Gasteiger charge is 2.36. The van der Waals surface area contributed by atoms with Crippen molar-refractivity contribution in [2.45, 2.75) is 45.3 Å². The fourth-order valence-corrected chi connectivity index (χ4v) is 4.88. The molecule has 0 bridgehead atoms. The van der Waals surface area contributed by atoms with Crippen LogP contribution in [0.15, 0.2) is 48.8 Å². The van der Waals surface area contributed by atoms with Gasteiger partial charge in [-0.3, -0.25) is 9.69 Å². The number of rotatable bonds is 6. The first-order valence-corrected chi connectivity index (χ1v) is 13.9. The number of hydrogen-bond acceptors (Lipinski definition) is 10. The van der Waals surface area contributed by atoms with Gasteiger partial charge in [0, 0.05) is 36.6 Å². The number of carbonyl (C=O) groups is 2. The highest BCUT2D eigenvalue weighted by atomic mass is 16.6. The summed E-state index contributed by atoms with van der Waals surface area (Å²) in [5.41, 5.74) is 2.47. The highest BCUT2D eigenvalue weighted by Crippen LogP contribution is 2.27. The SMILES string of the molecule is CC(C)(C)OC(=O)N1CCC[C@H]1C(=O)Nc1ccc(-c2ncnc(Nc3ccc(N4CCOCC4)cc3)n2)cc1C#N. The number of nitriles is 1. The summed E-state index contributed by atoms with van der Waals surface area (Å²) in [4.78, 5) is 42.5. The van der Waals surface area contributed by atoms with E-state index in [1.54, 1.807) is 39.0 Å². The quantitative estimate of drug-likeness (QED) is 0.439. The number of ether oxygens (including phenoxy) is 2. The molecule has 0 radical (unpaired) electrons. The molecular formula is C30H34N8O4. The first kappa shape index (κ1) is 28.8. The van der Waals surface area contributed by atoms with Crippen LogP contribution in [0.2, 0.25) is 0 Å². The third-order valence-electron chi connectivity index (χ3n) is 6.91. The van der Waals surface area contributed by atoms with Crippen LogP contribution in [0.1, 0.15) is 39.2 Å². The summed E-state index contributed by atoms with van der Waals surface area (Å²) in [6, 6.07) is 14.5. The normalized spacial score (nSPS) is 17.0. The molecule has 2 aliphatic rings. The summed E-state index contributed by atoms with van der Waals surface area (Å²) in [6.45, 7) is 8.96. The van der Waals surface area contributed by atoms with Gasteiger partial charge in [0.2, 0.25) is 11.9 Å². The van der Waals surface area contributed by atoms with Crippen molar-refractivity contribution in [3.05, 3.63) is 54.4 Å². The largest absolute Gasteiger partial charge is 0.444 e. The third-order valence-corrected chi connectivity index (χ3v) is 6.91. The lowest BCUT2D eigenvalue weighted by atomic mass is 10.1. The molecule has 2 saturated heterocycles. The molecule has 2 fully saturated rings. The summed E-state index contributed by atoms with van der Waals surface area (Å²) in [6.07, 6.45) is 2.08. The van der Waals surface area contributed by atoms with Gasteiger partial charge < -0.3 is 25.0 Å². The van der Waals surface area contributed by atoms with E-state index >= 15 is 0 Å². The number of carbonyl (C=O) groups excluding carboxylic acids is 2. The van der Waals surface area contributed by atoms with Crippen molar-refractivity contribution in [1.82, 2.24) is 19.9 Å². The molecule has 2 N–H and O–H groups in total. The topological polar surface area (TPSA) is 146 Å². The molecule has 0 saturated carbocycles. The second kappa shape index (κ2) is 12.4. The number of nitrogens with one attached hydrogen (secondary N) is 2. The predicted molar refractivity (Wildman–Crippen MR) is 157 cm³/mol. The zero-order valence-corrected chi connectivity index (χ0v) is 24.0. The number of amides is 2. The Balaban J connectivity index is 1.26. The second-order valence-corrected chi connectivity index (χ2v) is 11.1. The highest BCUT2D eigenvalue weighted by molar-refractivity contribution is 5.98. The van der Waals surface area contributed by atoms with E-state index in [0.717, 1.165) is 37.7 Å². The van der Waals surface area contributed by atoms with Gasteiger partial charge in [0.1, 0.15) is 24.0 Å². The number of nitrogens with zero attached hydrogens (tertiary/aromatic N) is 6. The van der Waals surface area contributed by atoms with Crippen LogP contribution in [0.25, 0.3) is 11.4 Å². The van der Waals surface area contributed by atoms with Crippen LogP contribution in [0, 0.1) is 11.3 Å². The fraction of sp³-hybridized carbons (Fsp3) is 0.400. The van der Waals surface area contributed by atoms with E-state index in [0.29, 0.717) is 42.4 Å². The zero-order valence-electron chi connectivity index (χ0n) is 24.0. The maximum atomic E-state index is 13.1. The van der Waals surface area contributed by atoms with Crippen LogP contribution in [-0.2, 0) is 14.3 Å². The van der Waals surface area contributed by atoms with Gasteiger partial charge in [0.15, 0.2) is 5.82 Å². The predicted octanol–water partition coefficient (Wildman–Crippen LogP) is 4.33. The number of likely N-dealkylation sites (tertiary alicyclic amines) is 1. The lowest BCUT2D eigenvalue weighted by Crippen LogP contribution is -2.45. The first-order valence-electron chi connectivity index (χ1n) is 13.9. The third kappa shape index (κ3) is 6.92.